The molecule has 1 unspecified atom stereocenters. The van der Waals surface area contributed by atoms with Crippen molar-refractivity contribution in [2.45, 2.75) is 44.2 Å². The van der Waals surface area contributed by atoms with Gasteiger partial charge in [-0.2, -0.15) is 0 Å². The molecular formula is C24H22Cl2FNO4. The Balaban J connectivity index is 1.93. The summed E-state index contributed by atoms with van der Waals surface area (Å²) in [5.74, 6) is -2.22. The summed E-state index contributed by atoms with van der Waals surface area (Å²) in [5, 5.41) is 11.7. The quantitative estimate of drug-likeness (QED) is 0.338. The van der Waals surface area contributed by atoms with Gasteiger partial charge in [0.2, 0.25) is 0 Å². The van der Waals surface area contributed by atoms with Crippen LogP contribution < -0.4 is 4.74 Å². The normalized spacial score (nSPS) is 21.2. The van der Waals surface area contributed by atoms with Crippen LogP contribution in [-0.2, 0) is 9.59 Å². The van der Waals surface area contributed by atoms with Gasteiger partial charge in [0.25, 0.3) is 11.7 Å². The average molecular weight is 478 g/mol. The first-order valence-corrected chi connectivity index (χ1v) is 11.2. The first-order chi connectivity index (χ1) is 15.3. The molecule has 32 heavy (non-hydrogen) atoms. The first-order valence-electron chi connectivity index (χ1n) is 10.4. The first kappa shape index (κ1) is 22.6. The lowest BCUT2D eigenvalue weighted by atomic mass is 9.91. The van der Waals surface area contributed by atoms with Crippen LogP contribution in [0.5, 0.6) is 5.75 Å². The minimum Gasteiger partial charge on any atom is -0.507 e. The average Bonchev–Trinajstić information content (AvgIpc) is 3.04. The van der Waals surface area contributed by atoms with Gasteiger partial charge in [-0.1, -0.05) is 54.6 Å². The fraction of sp³-hybridized carbons (Fsp3) is 0.333. The highest BCUT2D eigenvalue weighted by molar-refractivity contribution is 6.47. The van der Waals surface area contributed by atoms with Crippen LogP contribution in [0.2, 0.25) is 10.0 Å². The molecule has 2 aliphatic rings. The molecule has 0 bridgehead atoms. The van der Waals surface area contributed by atoms with Crippen LogP contribution in [0.15, 0.2) is 42.0 Å². The minimum absolute atomic E-state index is 0.0937. The number of amides is 1. The van der Waals surface area contributed by atoms with Crippen molar-refractivity contribution < 1.29 is 23.8 Å². The van der Waals surface area contributed by atoms with E-state index in [4.69, 9.17) is 27.9 Å². The van der Waals surface area contributed by atoms with E-state index in [1.165, 1.54) is 43.5 Å². The number of carbonyl (C=O) groups excluding carboxylic acids is 2. The van der Waals surface area contributed by atoms with Gasteiger partial charge >= 0.3 is 0 Å². The van der Waals surface area contributed by atoms with Crippen molar-refractivity contribution in [1.82, 2.24) is 4.90 Å². The molecule has 168 valence electrons. The van der Waals surface area contributed by atoms with E-state index in [9.17, 15) is 19.1 Å². The van der Waals surface area contributed by atoms with Gasteiger partial charge in [0.15, 0.2) is 0 Å². The number of nitrogens with zero attached hydrogens (tertiary/aromatic N) is 1. The summed E-state index contributed by atoms with van der Waals surface area (Å²) in [6.45, 7) is 0. The van der Waals surface area contributed by atoms with Gasteiger partial charge in [0, 0.05) is 11.1 Å². The summed E-state index contributed by atoms with van der Waals surface area (Å²) in [6, 6.07) is 7.47. The highest BCUT2D eigenvalue weighted by Gasteiger charge is 2.49. The lowest BCUT2D eigenvalue weighted by Crippen LogP contribution is -2.40. The molecule has 4 rings (SSSR count). The number of ether oxygens (including phenoxy) is 1. The molecule has 0 aromatic heterocycles. The molecule has 1 saturated heterocycles. The molecule has 0 radical (unpaired) electrons. The maximum Gasteiger partial charge on any atom is 0.295 e. The Kier molecular flexibility index (Phi) is 6.45. The molecule has 8 heteroatoms. The van der Waals surface area contributed by atoms with Crippen LogP contribution in [0.1, 0.15) is 49.3 Å². The molecule has 1 amide bonds. The Hall–Kier alpha value is -2.57. The van der Waals surface area contributed by atoms with Gasteiger partial charge < -0.3 is 14.7 Å². The van der Waals surface area contributed by atoms with E-state index in [-0.39, 0.29) is 33.0 Å². The predicted octanol–water partition coefficient (Wildman–Crippen LogP) is 5.90. The van der Waals surface area contributed by atoms with Crippen LogP contribution in [0.3, 0.4) is 0 Å². The van der Waals surface area contributed by atoms with Crippen LogP contribution >= 0.6 is 23.2 Å². The molecule has 1 atom stereocenters. The molecule has 1 saturated carbocycles. The molecular weight excluding hydrogens is 456 g/mol. The second-order valence-corrected chi connectivity index (χ2v) is 8.86. The molecule has 2 aromatic rings. The van der Waals surface area contributed by atoms with Crippen molar-refractivity contribution in [3.05, 3.63) is 69.0 Å². The number of aliphatic hydroxyl groups excluding tert-OH is 1. The Morgan fingerprint density at radius 3 is 2.38 bits per heavy atom. The third-order valence-corrected chi connectivity index (χ3v) is 6.60. The van der Waals surface area contributed by atoms with E-state index in [1.54, 1.807) is 4.90 Å². The molecule has 1 N–H and O–H groups in total. The van der Waals surface area contributed by atoms with Crippen LogP contribution in [-0.4, -0.2) is 34.8 Å². The summed E-state index contributed by atoms with van der Waals surface area (Å²) < 4.78 is 19.0. The number of benzene rings is 2. The Bertz CT molecular complexity index is 1090. The molecule has 5 nitrogen and oxygen atoms in total. The lowest BCUT2D eigenvalue weighted by Gasteiger charge is -2.35. The summed E-state index contributed by atoms with van der Waals surface area (Å²) >= 11 is 12.4. The molecule has 1 aliphatic carbocycles. The zero-order valence-corrected chi connectivity index (χ0v) is 18.9. The third-order valence-electron chi connectivity index (χ3n) is 6.10. The van der Waals surface area contributed by atoms with E-state index >= 15 is 0 Å². The van der Waals surface area contributed by atoms with Crippen molar-refractivity contribution in [2.24, 2.45) is 0 Å². The third kappa shape index (κ3) is 3.97. The standard InChI is InChI=1S/C24H22Cl2FNO4/c1-32-23-17(11-14(25)12-18(23)26)21(29)19-20(13-7-9-15(27)10-8-13)28(24(31)22(19)30)16-5-3-2-4-6-16/h7-12,16,20,29H,2-6H2,1H3/b21-19+. The molecule has 2 aromatic carbocycles. The monoisotopic (exact) mass is 477 g/mol. The number of carbonyl (C=O) groups is 2. The van der Waals surface area contributed by atoms with Crippen LogP contribution in [0.4, 0.5) is 4.39 Å². The van der Waals surface area contributed by atoms with Gasteiger partial charge in [0.05, 0.1) is 29.3 Å². The number of ketones is 1. The summed E-state index contributed by atoms with van der Waals surface area (Å²) in [4.78, 5) is 27.9. The Labute approximate surface area is 195 Å². The summed E-state index contributed by atoms with van der Waals surface area (Å²) in [6.07, 6.45) is 4.48. The maximum absolute atomic E-state index is 13.6. The Morgan fingerprint density at radius 2 is 1.75 bits per heavy atom. The van der Waals surface area contributed by atoms with Crippen LogP contribution in [0.25, 0.3) is 5.76 Å². The lowest BCUT2D eigenvalue weighted by molar-refractivity contribution is -0.141. The number of likely N-dealkylation sites (tertiary alicyclic amines) is 1. The molecule has 2 fully saturated rings. The number of rotatable bonds is 4. The van der Waals surface area contributed by atoms with Gasteiger partial charge in [-0.15, -0.1) is 0 Å². The Morgan fingerprint density at radius 1 is 1.09 bits per heavy atom. The fourth-order valence-electron chi connectivity index (χ4n) is 4.65. The van der Waals surface area contributed by atoms with E-state index in [1.807, 2.05) is 0 Å². The number of hydrogen-bond donors (Lipinski definition) is 1. The largest absolute Gasteiger partial charge is 0.507 e. The number of Topliss-reactive ketones (excluding diaryl/α,β-unsaturated/α-hetero) is 1. The SMILES string of the molecule is COc1c(Cl)cc(Cl)cc1/C(O)=C1\C(=O)C(=O)N(C2CCCCC2)C1c1ccc(F)cc1. The number of halogens is 3. The van der Waals surface area contributed by atoms with Crippen molar-refractivity contribution in [3.63, 3.8) is 0 Å². The molecule has 1 heterocycles. The number of hydrogen-bond acceptors (Lipinski definition) is 4. The number of methoxy groups -OCH3 is 1. The van der Waals surface area contributed by atoms with Crippen molar-refractivity contribution in [3.8, 4) is 5.75 Å². The summed E-state index contributed by atoms with van der Waals surface area (Å²) in [5.41, 5.74) is 0.549. The fourth-order valence-corrected chi connectivity index (χ4v) is 5.22. The van der Waals surface area contributed by atoms with E-state index in [0.29, 0.717) is 5.56 Å². The van der Waals surface area contributed by atoms with Gasteiger partial charge in [-0.3, -0.25) is 9.59 Å². The smallest absolute Gasteiger partial charge is 0.295 e. The van der Waals surface area contributed by atoms with Crippen molar-refractivity contribution in [2.75, 3.05) is 7.11 Å². The van der Waals surface area contributed by atoms with E-state index in [2.05, 4.69) is 0 Å². The minimum atomic E-state index is -0.860. The topological polar surface area (TPSA) is 66.8 Å². The highest BCUT2D eigenvalue weighted by atomic mass is 35.5. The van der Waals surface area contributed by atoms with E-state index < -0.39 is 29.3 Å². The second-order valence-electron chi connectivity index (χ2n) is 8.02. The van der Waals surface area contributed by atoms with E-state index in [0.717, 1.165) is 32.1 Å². The molecule has 0 spiro atoms. The number of aliphatic hydroxyl groups is 1. The van der Waals surface area contributed by atoms with Gasteiger partial charge in [-0.25, -0.2) is 4.39 Å². The summed E-state index contributed by atoms with van der Waals surface area (Å²) in [7, 11) is 1.38. The second kappa shape index (κ2) is 9.12. The van der Waals surface area contributed by atoms with Crippen molar-refractivity contribution in [1.29, 1.82) is 0 Å². The zero-order chi connectivity index (χ0) is 23.0. The molecule has 1 aliphatic heterocycles. The van der Waals surface area contributed by atoms with Gasteiger partial charge in [-0.05, 0) is 42.7 Å². The maximum atomic E-state index is 13.6. The van der Waals surface area contributed by atoms with Crippen molar-refractivity contribution >= 4 is 40.7 Å². The van der Waals surface area contributed by atoms with Gasteiger partial charge in [0.1, 0.15) is 17.3 Å². The highest BCUT2D eigenvalue weighted by Crippen LogP contribution is 2.45. The zero-order valence-electron chi connectivity index (χ0n) is 17.4. The van der Waals surface area contributed by atoms with Crippen LogP contribution in [0, 0.1) is 5.82 Å². The predicted molar refractivity (Wildman–Crippen MR) is 120 cm³/mol.